The summed E-state index contributed by atoms with van der Waals surface area (Å²) < 4.78 is 0. The summed E-state index contributed by atoms with van der Waals surface area (Å²) in [5.74, 6) is 1.44. The third-order valence-corrected chi connectivity index (χ3v) is 6.33. The van der Waals surface area contributed by atoms with Gasteiger partial charge in [0.25, 0.3) is 0 Å². The number of piperidine rings is 1. The Bertz CT molecular complexity index is 739. The molecule has 0 atom stereocenters. The van der Waals surface area contributed by atoms with E-state index in [0.29, 0.717) is 25.3 Å². The minimum atomic E-state index is -0.274. The maximum Gasteiger partial charge on any atom is 0.324 e. The number of aromatic nitrogens is 1. The normalized spacial score (nSPS) is 21.8. The van der Waals surface area contributed by atoms with Crippen molar-refractivity contribution in [3.05, 3.63) is 23.9 Å². The lowest BCUT2D eigenvalue weighted by Crippen LogP contribution is -2.65. The fourth-order valence-electron chi connectivity index (χ4n) is 4.46. The number of carbonyl (C=O) groups excluding carboxylic acids is 3. The minimum absolute atomic E-state index is 0.144. The first-order valence-corrected chi connectivity index (χ1v) is 10.6. The van der Waals surface area contributed by atoms with E-state index in [9.17, 15) is 14.4 Å². The second kappa shape index (κ2) is 8.90. The van der Waals surface area contributed by atoms with Crippen molar-refractivity contribution in [2.45, 2.75) is 44.7 Å². The molecule has 29 heavy (non-hydrogen) atoms. The number of imide groups is 1. The van der Waals surface area contributed by atoms with Gasteiger partial charge in [-0.2, -0.15) is 0 Å². The molecule has 8 nitrogen and oxygen atoms in total. The molecule has 3 saturated heterocycles. The van der Waals surface area contributed by atoms with Gasteiger partial charge in [-0.25, -0.2) is 9.78 Å². The fourth-order valence-corrected chi connectivity index (χ4v) is 4.46. The molecule has 0 radical (unpaired) electrons. The summed E-state index contributed by atoms with van der Waals surface area (Å²) in [6.45, 7) is 5.09. The van der Waals surface area contributed by atoms with Crippen molar-refractivity contribution in [3.8, 4) is 0 Å². The van der Waals surface area contributed by atoms with Crippen molar-refractivity contribution in [2.75, 3.05) is 37.6 Å². The SMILES string of the molecule is O=CCCC1CCN(Cc2ccc(N3CC(N4CCC(=O)NC4=O)C3)nc2)CC1. The van der Waals surface area contributed by atoms with Crippen LogP contribution in [0, 0.1) is 5.92 Å². The Morgan fingerprint density at radius 3 is 2.59 bits per heavy atom. The number of nitrogens with zero attached hydrogens (tertiary/aromatic N) is 4. The van der Waals surface area contributed by atoms with Crippen LogP contribution in [0.3, 0.4) is 0 Å². The lowest BCUT2D eigenvalue weighted by Gasteiger charge is -2.46. The average molecular weight is 399 g/mol. The predicted molar refractivity (Wildman–Crippen MR) is 108 cm³/mol. The highest BCUT2D eigenvalue weighted by Gasteiger charge is 2.37. The molecule has 3 amide bonds. The van der Waals surface area contributed by atoms with Gasteiger partial charge in [0.15, 0.2) is 0 Å². The molecule has 3 aliphatic rings. The van der Waals surface area contributed by atoms with Gasteiger partial charge >= 0.3 is 6.03 Å². The van der Waals surface area contributed by atoms with Crippen LogP contribution >= 0.6 is 0 Å². The Morgan fingerprint density at radius 2 is 1.93 bits per heavy atom. The maximum absolute atomic E-state index is 11.9. The van der Waals surface area contributed by atoms with E-state index in [1.807, 2.05) is 6.20 Å². The number of hydrogen-bond acceptors (Lipinski definition) is 6. The monoisotopic (exact) mass is 399 g/mol. The first-order chi connectivity index (χ1) is 14.1. The Balaban J connectivity index is 1.22. The summed E-state index contributed by atoms with van der Waals surface area (Å²) in [5, 5.41) is 2.39. The molecule has 0 aliphatic carbocycles. The van der Waals surface area contributed by atoms with Crippen LogP contribution in [0.1, 0.15) is 37.7 Å². The second-order valence-electron chi connectivity index (χ2n) is 8.34. The zero-order chi connectivity index (χ0) is 20.2. The molecule has 1 aromatic rings. The van der Waals surface area contributed by atoms with E-state index in [-0.39, 0.29) is 18.0 Å². The van der Waals surface area contributed by atoms with Gasteiger partial charge < -0.3 is 14.6 Å². The largest absolute Gasteiger partial charge is 0.352 e. The van der Waals surface area contributed by atoms with Crippen LogP contribution < -0.4 is 10.2 Å². The quantitative estimate of drug-likeness (QED) is 0.698. The van der Waals surface area contributed by atoms with E-state index >= 15 is 0 Å². The van der Waals surface area contributed by atoms with Crippen molar-refractivity contribution in [3.63, 3.8) is 0 Å². The summed E-state index contributed by atoms with van der Waals surface area (Å²) in [5.41, 5.74) is 1.21. The summed E-state index contributed by atoms with van der Waals surface area (Å²) in [7, 11) is 0. The molecule has 0 unspecified atom stereocenters. The van der Waals surface area contributed by atoms with Gasteiger partial charge in [-0.3, -0.25) is 15.0 Å². The van der Waals surface area contributed by atoms with Crippen LogP contribution in [0.25, 0.3) is 0 Å². The van der Waals surface area contributed by atoms with E-state index in [2.05, 4.69) is 32.2 Å². The van der Waals surface area contributed by atoms with Crippen LogP contribution in [0.2, 0.25) is 0 Å². The molecule has 0 aromatic carbocycles. The highest BCUT2D eigenvalue weighted by molar-refractivity contribution is 5.96. The third-order valence-electron chi connectivity index (χ3n) is 6.33. The van der Waals surface area contributed by atoms with Crippen molar-refractivity contribution in [2.24, 2.45) is 5.92 Å². The van der Waals surface area contributed by atoms with Gasteiger partial charge in [-0.1, -0.05) is 6.07 Å². The van der Waals surface area contributed by atoms with E-state index in [0.717, 1.165) is 51.2 Å². The predicted octanol–water partition coefficient (Wildman–Crippen LogP) is 1.40. The zero-order valence-corrected chi connectivity index (χ0v) is 16.8. The van der Waals surface area contributed by atoms with Gasteiger partial charge in [-0.05, 0) is 49.9 Å². The Hall–Kier alpha value is -2.48. The maximum atomic E-state index is 11.9. The molecular formula is C21H29N5O3. The van der Waals surface area contributed by atoms with Crippen molar-refractivity contribution < 1.29 is 14.4 Å². The number of nitrogens with one attached hydrogen (secondary N) is 1. The Labute approximate surface area is 171 Å². The van der Waals surface area contributed by atoms with Crippen molar-refractivity contribution >= 4 is 24.0 Å². The van der Waals surface area contributed by atoms with E-state index in [1.54, 1.807) is 4.90 Å². The summed E-state index contributed by atoms with van der Waals surface area (Å²) in [4.78, 5) is 44.7. The average Bonchev–Trinajstić information content (AvgIpc) is 2.69. The molecule has 1 N–H and O–H groups in total. The molecule has 0 bridgehead atoms. The number of pyridine rings is 1. The van der Waals surface area contributed by atoms with Gasteiger partial charge in [0.05, 0.1) is 6.04 Å². The van der Waals surface area contributed by atoms with Gasteiger partial charge in [0.1, 0.15) is 12.1 Å². The molecule has 156 valence electrons. The topological polar surface area (TPSA) is 85.9 Å². The van der Waals surface area contributed by atoms with Crippen LogP contribution in [0.4, 0.5) is 10.6 Å². The van der Waals surface area contributed by atoms with Crippen LogP contribution in [0.15, 0.2) is 18.3 Å². The molecule has 0 saturated carbocycles. The van der Waals surface area contributed by atoms with E-state index < -0.39 is 0 Å². The van der Waals surface area contributed by atoms with Crippen LogP contribution in [0.5, 0.6) is 0 Å². The number of urea groups is 1. The van der Waals surface area contributed by atoms with Crippen LogP contribution in [-0.4, -0.2) is 71.8 Å². The minimum Gasteiger partial charge on any atom is -0.352 e. The number of aldehydes is 1. The summed E-state index contributed by atoms with van der Waals surface area (Å²) >= 11 is 0. The molecule has 3 fully saturated rings. The molecule has 1 aromatic heterocycles. The van der Waals surface area contributed by atoms with Gasteiger partial charge in [0.2, 0.25) is 5.91 Å². The number of carbonyl (C=O) groups is 3. The molecule has 4 rings (SSSR count). The fraction of sp³-hybridized carbons (Fsp3) is 0.619. The van der Waals surface area contributed by atoms with E-state index in [1.165, 1.54) is 18.4 Å². The number of hydrogen-bond donors (Lipinski definition) is 1. The number of rotatable bonds is 7. The Kier molecular flexibility index (Phi) is 6.08. The standard InChI is InChI=1S/C21H29N5O3/c27-11-1-2-16-5-8-24(9-6-16)13-17-3-4-19(22-12-17)25-14-18(15-25)26-10-7-20(28)23-21(26)29/h3-4,11-12,16,18H,1-2,5-10,13-15H2,(H,23,28,29). The zero-order valence-electron chi connectivity index (χ0n) is 16.8. The first-order valence-electron chi connectivity index (χ1n) is 10.6. The number of anilines is 1. The third kappa shape index (κ3) is 4.75. The van der Waals surface area contributed by atoms with Crippen LogP contribution in [-0.2, 0) is 16.1 Å². The molecule has 0 spiro atoms. The van der Waals surface area contributed by atoms with Gasteiger partial charge in [0, 0.05) is 45.2 Å². The highest BCUT2D eigenvalue weighted by Crippen LogP contribution is 2.25. The molecule has 8 heteroatoms. The van der Waals surface area contributed by atoms with Crippen molar-refractivity contribution in [1.82, 2.24) is 20.1 Å². The lowest BCUT2D eigenvalue weighted by molar-refractivity contribution is -0.121. The molecule has 4 heterocycles. The van der Waals surface area contributed by atoms with Gasteiger partial charge in [-0.15, -0.1) is 0 Å². The van der Waals surface area contributed by atoms with E-state index in [4.69, 9.17) is 0 Å². The van der Waals surface area contributed by atoms with Crippen molar-refractivity contribution in [1.29, 1.82) is 0 Å². The number of likely N-dealkylation sites (tertiary alicyclic amines) is 1. The number of amides is 3. The molecular weight excluding hydrogens is 370 g/mol. The highest BCUT2D eigenvalue weighted by atomic mass is 16.2. The molecule has 3 aliphatic heterocycles. The second-order valence-corrected chi connectivity index (χ2v) is 8.34. The first kappa shape index (κ1) is 19.8. The Morgan fingerprint density at radius 1 is 1.14 bits per heavy atom. The summed E-state index contributed by atoms with van der Waals surface area (Å²) in [6.07, 6.45) is 7.42. The smallest absolute Gasteiger partial charge is 0.324 e. The lowest BCUT2D eigenvalue weighted by atomic mass is 9.92. The summed E-state index contributed by atoms with van der Waals surface area (Å²) in [6, 6.07) is 4.07.